The van der Waals surface area contributed by atoms with E-state index >= 15 is 0 Å². The number of rotatable bonds is 5. The quantitative estimate of drug-likeness (QED) is 0.570. The Hall–Kier alpha value is -2.79. The second kappa shape index (κ2) is 7.91. The SMILES string of the molecule is Cc1cccc2sc(N3CCC(COc4ccccc4N4C=CC=CC4)C3)nc12. The lowest BCUT2D eigenvalue weighted by Crippen LogP contribution is -2.22. The summed E-state index contributed by atoms with van der Waals surface area (Å²) in [5.74, 6) is 1.48. The fourth-order valence-electron chi connectivity index (χ4n) is 4.02. The molecule has 0 spiro atoms. The second-order valence-corrected chi connectivity index (χ2v) is 8.73. The van der Waals surface area contributed by atoms with Gasteiger partial charge < -0.3 is 14.5 Å². The molecule has 0 aliphatic carbocycles. The predicted molar refractivity (Wildman–Crippen MR) is 122 cm³/mol. The van der Waals surface area contributed by atoms with Gasteiger partial charge in [0.15, 0.2) is 5.13 Å². The number of fused-ring (bicyclic) bond motifs is 1. The van der Waals surface area contributed by atoms with Crippen LogP contribution in [0, 0.1) is 12.8 Å². The van der Waals surface area contributed by atoms with Crippen molar-refractivity contribution in [1.82, 2.24) is 4.98 Å². The minimum absolute atomic E-state index is 0.521. The number of thiazole rings is 1. The van der Waals surface area contributed by atoms with Crippen molar-refractivity contribution >= 4 is 32.4 Å². The predicted octanol–water partition coefficient (Wildman–Crippen LogP) is 5.40. The van der Waals surface area contributed by atoms with E-state index in [1.807, 2.05) is 6.07 Å². The van der Waals surface area contributed by atoms with Crippen molar-refractivity contribution in [2.75, 3.05) is 36.0 Å². The van der Waals surface area contributed by atoms with Crippen LogP contribution in [0.2, 0.25) is 0 Å². The number of benzene rings is 2. The molecule has 2 aromatic carbocycles. The molecule has 5 heteroatoms. The van der Waals surface area contributed by atoms with E-state index in [1.165, 1.54) is 10.3 Å². The summed E-state index contributed by atoms with van der Waals surface area (Å²) in [7, 11) is 0. The summed E-state index contributed by atoms with van der Waals surface area (Å²) in [5.41, 5.74) is 3.52. The summed E-state index contributed by atoms with van der Waals surface area (Å²) in [5, 5.41) is 1.14. The average molecular weight is 404 g/mol. The van der Waals surface area contributed by atoms with E-state index in [0.717, 1.165) is 54.7 Å². The van der Waals surface area contributed by atoms with Crippen LogP contribution in [0.15, 0.2) is 66.9 Å². The molecule has 2 aliphatic rings. The van der Waals surface area contributed by atoms with Crippen LogP contribution in [0.5, 0.6) is 5.75 Å². The number of ether oxygens (including phenoxy) is 1. The van der Waals surface area contributed by atoms with Crippen LogP contribution in [0.25, 0.3) is 10.2 Å². The van der Waals surface area contributed by atoms with Gasteiger partial charge in [0.25, 0.3) is 0 Å². The molecule has 1 fully saturated rings. The third kappa shape index (κ3) is 3.75. The van der Waals surface area contributed by atoms with Crippen LogP contribution < -0.4 is 14.5 Å². The van der Waals surface area contributed by atoms with Crippen LogP contribution in [0.4, 0.5) is 10.8 Å². The number of para-hydroxylation sites is 3. The zero-order chi connectivity index (χ0) is 19.6. The van der Waals surface area contributed by atoms with Crippen LogP contribution in [-0.4, -0.2) is 31.2 Å². The first-order chi connectivity index (χ1) is 14.3. The molecule has 148 valence electrons. The molecular weight excluding hydrogens is 378 g/mol. The van der Waals surface area contributed by atoms with Crippen LogP contribution in [0.3, 0.4) is 0 Å². The van der Waals surface area contributed by atoms with Crippen molar-refractivity contribution in [2.24, 2.45) is 5.92 Å². The highest BCUT2D eigenvalue weighted by Crippen LogP contribution is 2.34. The lowest BCUT2D eigenvalue weighted by molar-refractivity contribution is 0.262. The number of aryl methyl sites for hydroxylation is 1. The molecule has 3 aromatic rings. The van der Waals surface area contributed by atoms with E-state index in [4.69, 9.17) is 9.72 Å². The summed E-state index contributed by atoms with van der Waals surface area (Å²) in [6.45, 7) is 5.81. The van der Waals surface area contributed by atoms with E-state index in [1.54, 1.807) is 11.3 Å². The molecule has 5 rings (SSSR count). The number of aromatic nitrogens is 1. The Kier molecular flexibility index (Phi) is 4.98. The molecular formula is C24H25N3OS. The highest BCUT2D eigenvalue weighted by Gasteiger charge is 2.26. The van der Waals surface area contributed by atoms with Gasteiger partial charge in [-0.3, -0.25) is 0 Å². The smallest absolute Gasteiger partial charge is 0.186 e. The van der Waals surface area contributed by atoms with Crippen molar-refractivity contribution in [2.45, 2.75) is 13.3 Å². The molecule has 1 saturated heterocycles. The molecule has 1 unspecified atom stereocenters. The minimum Gasteiger partial charge on any atom is -0.491 e. The Labute approximate surface area is 175 Å². The fourth-order valence-corrected chi connectivity index (χ4v) is 5.10. The summed E-state index contributed by atoms with van der Waals surface area (Å²) in [6, 6.07) is 14.7. The van der Waals surface area contributed by atoms with Gasteiger partial charge in [0.05, 0.1) is 22.5 Å². The number of nitrogens with zero attached hydrogens (tertiary/aromatic N) is 3. The van der Waals surface area contributed by atoms with Gasteiger partial charge in [0.1, 0.15) is 5.75 Å². The zero-order valence-electron chi connectivity index (χ0n) is 16.6. The minimum atomic E-state index is 0.521. The van der Waals surface area contributed by atoms with Crippen molar-refractivity contribution in [3.05, 3.63) is 72.5 Å². The van der Waals surface area contributed by atoms with Crippen molar-refractivity contribution in [3.63, 3.8) is 0 Å². The van der Waals surface area contributed by atoms with Gasteiger partial charge >= 0.3 is 0 Å². The number of hydrogen-bond donors (Lipinski definition) is 0. The number of anilines is 2. The summed E-state index contributed by atoms with van der Waals surface area (Å²) >= 11 is 1.80. The first-order valence-corrected chi connectivity index (χ1v) is 11.0. The molecule has 0 amide bonds. The Morgan fingerprint density at radius 3 is 2.93 bits per heavy atom. The molecule has 3 heterocycles. The maximum atomic E-state index is 6.29. The summed E-state index contributed by atoms with van der Waals surface area (Å²) in [6.07, 6.45) is 9.55. The third-order valence-electron chi connectivity index (χ3n) is 5.63. The van der Waals surface area contributed by atoms with Gasteiger partial charge in [-0.2, -0.15) is 0 Å². The Bertz CT molecular complexity index is 1070. The Balaban J connectivity index is 1.24. The first kappa shape index (κ1) is 18.3. The molecule has 0 bridgehead atoms. The molecule has 1 aromatic heterocycles. The van der Waals surface area contributed by atoms with Gasteiger partial charge in [-0.05, 0) is 43.2 Å². The van der Waals surface area contributed by atoms with E-state index in [-0.39, 0.29) is 0 Å². The average Bonchev–Trinajstić information content (AvgIpc) is 3.41. The molecule has 1 atom stereocenters. The topological polar surface area (TPSA) is 28.6 Å². The van der Waals surface area contributed by atoms with Crippen LogP contribution in [0.1, 0.15) is 12.0 Å². The highest BCUT2D eigenvalue weighted by atomic mass is 32.1. The number of hydrogen-bond acceptors (Lipinski definition) is 5. The molecule has 2 aliphatic heterocycles. The molecule has 0 N–H and O–H groups in total. The van der Waals surface area contributed by atoms with Gasteiger partial charge in [0.2, 0.25) is 0 Å². The zero-order valence-corrected chi connectivity index (χ0v) is 17.4. The van der Waals surface area contributed by atoms with Gasteiger partial charge in [-0.1, -0.05) is 47.8 Å². The number of allylic oxidation sites excluding steroid dienone is 2. The lowest BCUT2D eigenvalue weighted by atomic mass is 10.1. The van der Waals surface area contributed by atoms with Crippen molar-refractivity contribution < 1.29 is 4.74 Å². The van der Waals surface area contributed by atoms with E-state index in [2.05, 4.69) is 77.5 Å². The van der Waals surface area contributed by atoms with Crippen molar-refractivity contribution in [3.8, 4) is 5.75 Å². The summed E-state index contributed by atoms with van der Waals surface area (Å²) in [4.78, 5) is 9.55. The lowest BCUT2D eigenvalue weighted by Gasteiger charge is -2.24. The molecule has 4 nitrogen and oxygen atoms in total. The standard InChI is InChI=1S/C24H25N3OS/c1-18-8-7-11-22-23(18)25-24(29-22)27-15-12-19(16-27)17-28-21-10-4-3-9-20(21)26-13-5-2-6-14-26/h2-11,13,19H,12,14-17H2,1H3. The van der Waals surface area contributed by atoms with E-state index < -0.39 is 0 Å². The largest absolute Gasteiger partial charge is 0.491 e. The highest BCUT2D eigenvalue weighted by molar-refractivity contribution is 7.22. The van der Waals surface area contributed by atoms with Gasteiger partial charge in [-0.25, -0.2) is 4.98 Å². The first-order valence-electron chi connectivity index (χ1n) is 10.2. The normalized spacial score (nSPS) is 18.7. The van der Waals surface area contributed by atoms with Crippen LogP contribution in [-0.2, 0) is 0 Å². The Morgan fingerprint density at radius 2 is 2.07 bits per heavy atom. The van der Waals surface area contributed by atoms with E-state index in [9.17, 15) is 0 Å². The van der Waals surface area contributed by atoms with Gasteiger partial charge in [-0.15, -0.1) is 0 Å². The monoisotopic (exact) mass is 403 g/mol. The molecule has 0 saturated carbocycles. The molecule has 29 heavy (non-hydrogen) atoms. The van der Waals surface area contributed by atoms with Gasteiger partial charge in [0, 0.05) is 31.8 Å². The maximum Gasteiger partial charge on any atom is 0.186 e. The van der Waals surface area contributed by atoms with Crippen molar-refractivity contribution in [1.29, 1.82) is 0 Å². The Morgan fingerprint density at radius 1 is 1.14 bits per heavy atom. The third-order valence-corrected chi connectivity index (χ3v) is 6.71. The van der Waals surface area contributed by atoms with E-state index in [0.29, 0.717) is 5.92 Å². The maximum absolute atomic E-state index is 6.29. The summed E-state index contributed by atoms with van der Waals surface area (Å²) < 4.78 is 7.57. The molecule has 0 radical (unpaired) electrons. The second-order valence-electron chi connectivity index (χ2n) is 7.72. The van der Waals surface area contributed by atoms with Crippen LogP contribution >= 0.6 is 11.3 Å². The fraction of sp³-hybridized carbons (Fsp3) is 0.292.